The van der Waals surface area contributed by atoms with E-state index >= 15 is 0 Å². The molecular weight excluding hydrogens is 1450 g/mol. The van der Waals surface area contributed by atoms with Crippen LogP contribution in [0.1, 0.15) is 27.7 Å². The molecule has 0 amide bonds. The van der Waals surface area contributed by atoms with E-state index in [1.54, 1.807) is 22.7 Å². The molecule has 0 bridgehead atoms. The molecule has 20 aromatic rings. The van der Waals surface area contributed by atoms with E-state index in [1.165, 1.54) is 86.3 Å². The summed E-state index contributed by atoms with van der Waals surface area (Å²) >= 11 is 7.14. The van der Waals surface area contributed by atoms with Crippen molar-refractivity contribution in [2.75, 3.05) is 0 Å². The third-order valence-corrected chi connectivity index (χ3v) is 24.2. The van der Waals surface area contributed by atoms with Crippen LogP contribution in [0.5, 0.6) is 0 Å². The molecule has 0 radical (unpaired) electrons. The van der Waals surface area contributed by atoms with Gasteiger partial charge in [-0.3, -0.25) is 0 Å². The minimum absolute atomic E-state index is 0.390. The Bertz CT molecular complexity index is 6850. The van der Waals surface area contributed by atoms with E-state index in [0.717, 1.165) is 92.0 Å². The summed E-state index contributed by atoms with van der Waals surface area (Å²) < 4.78 is 23.1. The molecule has 1 aliphatic heterocycles. The fourth-order valence-electron chi connectivity index (χ4n) is 15.2. The van der Waals surface area contributed by atoms with E-state index in [9.17, 15) is 0 Å². The van der Waals surface area contributed by atoms with Crippen molar-refractivity contribution in [1.82, 2.24) is 29.1 Å². The Balaban J connectivity index is 0.000000119. The summed E-state index contributed by atoms with van der Waals surface area (Å²) in [6.45, 7) is 8.28. The number of hydrogen-bond acceptors (Lipinski definition) is 8. The number of para-hydroxylation sites is 2. The summed E-state index contributed by atoms with van der Waals surface area (Å²) in [4.78, 5) is 20.6. The highest BCUT2D eigenvalue weighted by atomic mass is 79.9. The van der Waals surface area contributed by atoms with Gasteiger partial charge in [-0.05, 0) is 164 Å². The quantitative estimate of drug-likeness (QED) is 0.127. The molecule has 1 fully saturated rings. The number of thiophene rings is 2. The summed E-state index contributed by atoms with van der Waals surface area (Å²) in [7, 11) is -0.427. The van der Waals surface area contributed by atoms with E-state index in [0.29, 0.717) is 5.82 Å². The minimum atomic E-state index is -0.427. The molecule has 6 aromatic heterocycles. The second-order valence-corrected chi connectivity index (χ2v) is 31.8. The fraction of sp³-hybridized carbons (Fsp3) is 0.0612. The molecular formula is C98H70BBrN6O2S2. The summed E-state index contributed by atoms with van der Waals surface area (Å²) in [5, 5.41) is 7.31. The summed E-state index contributed by atoms with van der Waals surface area (Å²) in [6.07, 6.45) is 0. The van der Waals surface area contributed by atoms with Crippen LogP contribution in [0.2, 0.25) is 0 Å². The molecule has 8 nitrogen and oxygen atoms in total. The lowest BCUT2D eigenvalue weighted by molar-refractivity contribution is 0.00578. The first kappa shape index (κ1) is 68.3. The highest BCUT2D eigenvalue weighted by molar-refractivity contribution is 9.10. The van der Waals surface area contributed by atoms with Gasteiger partial charge in [-0.25, -0.2) is 19.9 Å². The highest BCUT2D eigenvalue weighted by Gasteiger charge is 2.51. The van der Waals surface area contributed by atoms with Crippen molar-refractivity contribution >= 4 is 135 Å². The van der Waals surface area contributed by atoms with Crippen molar-refractivity contribution in [1.29, 1.82) is 0 Å². The third kappa shape index (κ3) is 12.6. The van der Waals surface area contributed by atoms with Gasteiger partial charge in [-0.2, -0.15) is 0 Å². The Labute approximate surface area is 654 Å². The van der Waals surface area contributed by atoms with Crippen LogP contribution >= 0.6 is 38.6 Å². The molecule has 1 aliphatic rings. The number of aromatic nitrogens is 6. The number of halogens is 1. The largest absolute Gasteiger partial charge is 0.494 e. The Morgan fingerprint density at radius 1 is 0.291 bits per heavy atom. The van der Waals surface area contributed by atoms with Crippen LogP contribution in [-0.2, 0) is 9.31 Å². The van der Waals surface area contributed by atoms with Crippen LogP contribution in [-0.4, -0.2) is 47.4 Å². The standard InChI is InChI=1S/C46H29N3S.C28H25BN2O2S.C24H16BrN/c1-4-13-30(14-5-1)33-23-25-40-38(28-33)39-29-34(24-26-41(39)49(40)36-19-8-3-9-20-36)32-17-12-18-35(27-32)46-47-43(31-15-6-2-7-16-31)45-44(48-46)37-21-10-11-22-42(37)50-45;1-27(2)28(3,4)33-29(32-27)20-14-10-13-19(17-20)26-30-23(18-11-6-5-7-12-18)25-24(31-26)21-15-8-9-16-22(21)34-25;25-19-12-14-24-22(16-19)21-15-18(17-7-3-1-4-8-17)11-13-23(21)26(24)20-9-5-2-6-10-20/h1-29H;5-17H,1-4H3;1-16H. The van der Waals surface area contributed by atoms with Gasteiger partial charge in [0.1, 0.15) is 0 Å². The highest BCUT2D eigenvalue weighted by Crippen LogP contribution is 2.45. The minimum Gasteiger partial charge on any atom is -0.399 e. The van der Waals surface area contributed by atoms with E-state index in [2.05, 4.69) is 380 Å². The van der Waals surface area contributed by atoms with Crippen molar-refractivity contribution in [2.24, 2.45) is 0 Å². The van der Waals surface area contributed by atoms with Gasteiger partial charge < -0.3 is 18.4 Å². The number of nitrogens with zero attached hydrogens (tertiary/aromatic N) is 6. The number of fused-ring (bicyclic) bond motifs is 12. The van der Waals surface area contributed by atoms with Gasteiger partial charge in [0, 0.05) is 79.8 Å². The lowest BCUT2D eigenvalue weighted by atomic mass is 9.78. The zero-order valence-electron chi connectivity index (χ0n) is 60.8. The zero-order chi connectivity index (χ0) is 74.0. The molecule has 7 heterocycles. The van der Waals surface area contributed by atoms with Gasteiger partial charge in [-0.1, -0.05) is 271 Å². The van der Waals surface area contributed by atoms with Crippen molar-refractivity contribution < 1.29 is 9.31 Å². The zero-order valence-corrected chi connectivity index (χ0v) is 64.0. The first-order chi connectivity index (χ1) is 53.9. The lowest BCUT2D eigenvalue weighted by Gasteiger charge is -2.32. The van der Waals surface area contributed by atoms with E-state index in [-0.39, 0.29) is 11.2 Å². The Morgan fingerprint density at radius 3 is 1.07 bits per heavy atom. The molecule has 0 unspecified atom stereocenters. The first-order valence-electron chi connectivity index (χ1n) is 37.0. The second kappa shape index (κ2) is 28.4. The van der Waals surface area contributed by atoms with Gasteiger partial charge in [0.2, 0.25) is 0 Å². The van der Waals surface area contributed by atoms with E-state index in [1.807, 2.05) is 24.3 Å². The molecule has 12 heteroatoms. The molecule has 0 N–H and O–H groups in total. The Kier molecular flexibility index (Phi) is 17.6. The van der Waals surface area contributed by atoms with Gasteiger partial charge in [0.05, 0.1) is 65.1 Å². The molecule has 0 spiro atoms. The van der Waals surface area contributed by atoms with E-state index in [4.69, 9.17) is 29.2 Å². The Hall–Kier alpha value is -12.3. The van der Waals surface area contributed by atoms with Gasteiger partial charge >= 0.3 is 7.12 Å². The molecule has 0 atom stereocenters. The van der Waals surface area contributed by atoms with Crippen molar-refractivity contribution in [3.05, 3.63) is 356 Å². The SMILES string of the molecule is Brc1ccc2c(c1)c1cc(-c3ccccc3)ccc1n2-c1ccccc1.CC1(C)OB(c2cccc(-c3nc(-c4ccccc4)c4sc5ccccc5c4n3)c2)OC1(C)C.c1ccc(-c2ccc3c(c2)c2cc(-c4cccc(-c5nc(-c6ccccc6)c6sc7ccccc7c6n5)c4)ccc2n3-c2ccccc2)cc1. The molecule has 14 aromatic carbocycles. The second-order valence-electron chi connectivity index (χ2n) is 28.8. The summed E-state index contributed by atoms with van der Waals surface area (Å²) in [5.74, 6) is 1.43. The Morgan fingerprint density at radius 2 is 0.627 bits per heavy atom. The van der Waals surface area contributed by atoms with Crippen molar-refractivity contribution in [3.63, 3.8) is 0 Å². The lowest BCUT2D eigenvalue weighted by Crippen LogP contribution is -2.41. The molecule has 1 saturated heterocycles. The average molecular weight is 1520 g/mol. The van der Waals surface area contributed by atoms with Crippen LogP contribution < -0.4 is 5.46 Å². The average Bonchev–Trinajstić information content (AvgIpc) is 1.60. The molecule has 0 aliphatic carbocycles. The first-order valence-corrected chi connectivity index (χ1v) is 39.4. The van der Waals surface area contributed by atoms with Crippen molar-refractivity contribution in [2.45, 2.75) is 38.9 Å². The monoisotopic (exact) mass is 1520 g/mol. The van der Waals surface area contributed by atoms with Crippen LogP contribution in [0.15, 0.2) is 356 Å². The smallest absolute Gasteiger partial charge is 0.399 e. The fourth-order valence-corrected chi connectivity index (χ4v) is 17.9. The summed E-state index contributed by atoms with van der Waals surface area (Å²) in [6, 6.07) is 124. The van der Waals surface area contributed by atoms with Gasteiger partial charge in [0.25, 0.3) is 0 Å². The molecule has 21 rings (SSSR count). The molecule has 526 valence electrons. The van der Waals surface area contributed by atoms with Crippen LogP contribution in [0.4, 0.5) is 0 Å². The summed E-state index contributed by atoms with van der Waals surface area (Å²) in [5.41, 5.74) is 22.6. The van der Waals surface area contributed by atoms with Crippen molar-refractivity contribution in [3.8, 4) is 90.0 Å². The predicted molar refractivity (Wildman–Crippen MR) is 466 cm³/mol. The topological polar surface area (TPSA) is 79.9 Å². The predicted octanol–water partition coefficient (Wildman–Crippen LogP) is 26.3. The molecule has 0 saturated carbocycles. The maximum Gasteiger partial charge on any atom is 0.494 e. The third-order valence-electron chi connectivity index (χ3n) is 21.4. The maximum absolute atomic E-state index is 6.29. The normalized spacial score (nSPS) is 13.2. The van der Waals surface area contributed by atoms with E-state index < -0.39 is 7.12 Å². The van der Waals surface area contributed by atoms with Crippen LogP contribution in [0.25, 0.3) is 174 Å². The van der Waals surface area contributed by atoms with Gasteiger partial charge in [0.15, 0.2) is 11.6 Å². The van der Waals surface area contributed by atoms with Gasteiger partial charge in [-0.15, -0.1) is 22.7 Å². The number of rotatable bonds is 10. The van der Waals surface area contributed by atoms with Crippen LogP contribution in [0.3, 0.4) is 0 Å². The maximum atomic E-state index is 6.29. The number of hydrogen-bond donors (Lipinski definition) is 0. The van der Waals surface area contributed by atoms with Crippen LogP contribution in [0, 0.1) is 0 Å². The molecule has 110 heavy (non-hydrogen) atoms. The number of benzene rings is 14.